The molecule has 0 saturated heterocycles. The van der Waals surface area contributed by atoms with E-state index >= 15 is 0 Å². The molecule has 0 fully saturated rings. The summed E-state index contributed by atoms with van der Waals surface area (Å²) in [6, 6.07) is 116. The molecule has 12 aromatic heterocycles. The first kappa shape index (κ1) is 66.5. The molecule has 12 nitrogen and oxygen atoms in total. The highest BCUT2D eigenvalue weighted by Gasteiger charge is 2.29. The molecule has 0 aliphatic carbocycles. The van der Waals surface area contributed by atoms with Gasteiger partial charge in [0, 0.05) is 160 Å². The normalized spacial score (nSPS) is 12.5. The zero-order valence-electron chi connectivity index (χ0n) is 71.7. The van der Waals surface area contributed by atoms with E-state index in [4.69, 9.17) is 41.7 Å². The molecule has 0 unspecified atom stereocenters. The largest absolute Gasteiger partial charge is 0.277 e. The van der Waals surface area contributed by atoms with Gasteiger partial charge in [0.1, 0.15) is 0 Å². The second kappa shape index (κ2) is 28.7. The highest BCUT2D eigenvalue weighted by Crippen LogP contribution is 2.53. The smallest absolute Gasteiger partial charge is 0.237 e. The van der Waals surface area contributed by atoms with E-state index in [1.807, 2.05) is 94.1 Å². The van der Waals surface area contributed by atoms with Gasteiger partial charge in [0.25, 0.3) is 0 Å². The van der Waals surface area contributed by atoms with Crippen molar-refractivity contribution in [3.05, 3.63) is 389 Å². The summed E-state index contributed by atoms with van der Waals surface area (Å²) in [5, 5.41) is 24.0. The lowest BCUT2D eigenvalue weighted by atomic mass is 10.00. The lowest BCUT2D eigenvalue weighted by molar-refractivity contribution is 1.01. The van der Waals surface area contributed by atoms with Crippen LogP contribution in [0.15, 0.2) is 389 Å². The lowest BCUT2D eigenvalue weighted by Crippen LogP contribution is -2.04. The first-order valence-electron chi connectivity index (χ1n) is 44.1. The average molecular weight is 1670 g/mol. The van der Waals surface area contributed by atoms with E-state index in [0.29, 0.717) is 40.2 Å². The molecule has 15 heteroatoms. The summed E-state index contributed by atoms with van der Waals surface area (Å²) in [6.07, 6.45) is 5.24. The molecule has 28 aromatic rings. The van der Waals surface area contributed by atoms with Crippen molar-refractivity contribution in [3.63, 3.8) is 0 Å². The van der Waals surface area contributed by atoms with Crippen LogP contribution in [0.4, 0.5) is 0 Å². The SMILES string of the molecule is [2H]c1c([2H])c([2H])c(-c2nc(-n3c4ccccc4c4c5sc6ccccc6c5c5ccccc5c43)nc3ncccc23)c([2H])c1[2H].c1ccc(-c2ccc(-c3nc(-n4c5ccccc5c5c6sc7ccccc7c6c6ccccc6c54)nc4ncccc34)cc2)cc1.c1ccc(-c2nc(-n3c4ccccc4c4c5sc6ccccc6c5c5ccccc5c43)nc3ncccc23)cc1. The van der Waals surface area contributed by atoms with Crippen molar-refractivity contribution in [2.75, 3.05) is 0 Å². The fourth-order valence-corrected chi connectivity index (χ4v) is 23.0. The van der Waals surface area contributed by atoms with Crippen LogP contribution in [0.25, 0.3) is 254 Å². The van der Waals surface area contributed by atoms with Crippen molar-refractivity contribution in [1.29, 1.82) is 0 Å². The molecule has 0 atom stereocenters. The van der Waals surface area contributed by atoms with E-state index in [-0.39, 0.29) is 23.3 Å². The topological polar surface area (TPSA) is 131 Å². The molecule has 0 aliphatic heterocycles. The fraction of sp³-hybridized carbons (Fsp3) is 0. The zero-order valence-corrected chi connectivity index (χ0v) is 69.1. The highest BCUT2D eigenvalue weighted by atomic mass is 32.1. The summed E-state index contributed by atoms with van der Waals surface area (Å²) in [5.74, 6) is 1.55. The van der Waals surface area contributed by atoms with Crippen LogP contribution in [0.2, 0.25) is 0 Å². The third kappa shape index (κ3) is 11.0. The number of aromatic nitrogens is 12. The minimum absolute atomic E-state index is 0.0140. The Hall–Kier alpha value is -16.2. The molecule has 28 rings (SSSR count). The minimum atomic E-state index is -0.452. The van der Waals surface area contributed by atoms with Gasteiger partial charge >= 0.3 is 0 Å². The molecule has 586 valence electrons. The molecule has 0 amide bonds. The second-order valence-corrected chi connectivity index (χ2v) is 34.5. The quantitative estimate of drug-likeness (QED) is 0.153. The standard InChI is InChI=1S/C41H24N4S.2C35H20N4S/c1-2-11-25(12-3-1)26-20-22-27(23-21-26)37-32-17-10-24-42-40(32)44-41(43-37)45-33-18-8-6-15-30(33)36-38(45)29-14-5-4-13-28(29)35-31-16-7-9-19-34(31)46-39(35)36;2*1-2-11-21(12-3-1)31-26-17-10-20-36-34(26)38-35(37-31)39-27-18-8-6-15-24(27)30-32(39)23-14-5-4-13-22(23)29-25-16-7-9-19-28(25)40-33(29)30/h1-24H;2*1-20H/i;1D,2D,3D,11D,12D;. The first-order chi connectivity index (χ1) is 64.6. The molecule has 0 aliphatic rings. The van der Waals surface area contributed by atoms with Crippen molar-refractivity contribution >= 4 is 225 Å². The van der Waals surface area contributed by atoms with Crippen molar-refractivity contribution in [2.24, 2.45) is 0 Å². The summed E-state index contributed by atoms with van der Waals surface area (Å²) in [5.41, 5.74) is 14.4. The predicted molar refractivity (Wildman–Crippen MR) is 528 cm³/mol. The van der Waals surface area contributed by atoms with Crippen molar-refractivity contribution in [3.8, 4) is 62.7 Å². The first-order valence-corrected chi connectivity index (χ1v) is 44.0. The number of hydrogen-bond acceptors (Lipinski definition) is 12. The van der Waals surface area contributed by atoms with Crippen molar-refractivity contribution in [1.82, 2.24) is 58.6 Å². The maximum Gasteiger partial charge on any atom is 0.237 e. The molecular formula is C111H64N12S3. The Morgan fingerprint density at radius 2 is 0.476 bits per heavy atom. The van der Waals surface area contributed by atoms with Crippen LogP contribution < -0.4 is 0 Å². The lowest BCUT2D eigenvalue weighted by Gasteiger charge is -2.13. The molecule has 126 heavy (non-hydrogen) atoms. The summed E-state index contributed by atoms with van der Waals surface area (Å²) < 4.78 is 56.4. The van der Waals surface area contributed by atoms with Crippen LogP contribution in [0, 0.1) is 0 Å². The minimum Gasteiger partial charge on any atom is -0.277 e. The van der Waals surface area contributed by atoms with Crippen LogP contribution in [0.1, 0.15) is 6.85 Å². The number of para-hydroxylation sites is 3. The third-order valence-electron chi connectivity index (χ3n) is 24.5. The molecule has 0 spiro atoms. The van der Waals surface area contributed by atoms with Gasteiger partial charge in [0.05, 0.1) is 57.0 Å². The van der Waals surface area contributed by atoms with Crippen molar-refractivity contribution < 1.29 is 6.85 Å². The van der Waals surface area contributed by atoms with Gasteiger partial charge in [-0.1, -0.05) is 297 Å². The van der Waals surface area contributed by atoms with Gasteiger partial charge in [0.2, 0.25) is 17.8 Å². The number of thiophene rings is 3. The molecule has 0 N–H and O–H groups in total. The van der Waals surface area contributed by atoms with Crippen LogP contribution >= 0.6 is 34.0 Å². The number of pyridine rings is 3. The fourth-order valence-electron chi connectivity index (χ4n) is 19.2. The van der Waals surface area contributed by atoms with Crippen molar-refractivity contribution in [2.45, 2.75) is 0 Å². The summed E-state index contributed by atoms with van der Waals surface area (Å²) in [4.78, 5) is 44.8. The number of rotatable bonds is 7. The van der Waals surface area contributed by atoms with E-state index in [1.54, 1.807) is 35.9 Å². The third-order valence-corrected chi connectivity index (χ3v) is 28.0. The van der Waals surface area contributed by atoms with E-state index in [2.05, 4.69) is 286 Å². The van der Waals surface area contributed by atoms with E-state index in [0.717, 1.165) is 87.9 Å². The maximum absolute atomic E-state index is 8.75. The summed E-state index contributed by atoms with van der Waals surface area (Å²) in [7, 11) is 0. The molecule has 12 heterocycles. The zero-order chi connectivity index (χ0) is 87.0. The molecule has 16 aromatic carbocycles. The highest BCUT2D eigenvalue weighted by molar-refractivity contribution is 7.28. The monoisotopic (exact) mass is 1670 g/mol. The van der Waals surface area contributed by atoms with Gasteiger partial charge in [-0.05, 0) is 100 Å². The Balaban J connectivity index is 0.000000103. The van der Waals surface area contributed by atoms with E-state index < -0.39 is 18.1 Å². The second-order valence-electron chi connectivity index (χ2n) is 31.3. The maximum atomic E-state index is 8.75. The molecule has 0 saturated carbocycles. The number of hydrogen-bond donors (Lipinski definition) is 0. The number of nitrogens with zero attached hydrogens (tertiary/aromatic N) is 12. The molecular weight excluding hydrogens is 1600 g/mol. The Morgan fingerprint density at radius 1 is 0.206 bits per heavy atom. The van der Waals surface area contributed by atoms with E-state index in [1.165, 1.54) is 115 Å². The van der Waals surface area contributed by atoms with Crippen LogP contribution in [-0.4, -0.2) is 58.6 Å². The number of benzene rings is 16. The van der Waals surface area contributed by atoms with Gasteiger partial charge in [0.15, 0.2) is 16.9 Å². The Labute approximate surface area is 736 Å². The van der Waals surface area contributed by atoms with Crippen LogP contribution in [0.3, 0.4) is 0 Å². The summed E-state index contributed by atoms with van der Waals surface area (Å²) in [6.45, 7) is 0. The van der Waals surface area contributed by atoms with Gasteiger partial charge in [-0.15, -0.1) is 34.0 Å². The average Bonchev–Trinajstić information content (AvgIpc) is 1.55. The Morgan fingerprint density at radius 3 is 0.841 bits per heavy atom. The van der Waals surface area contributed by atoms with Crippen LogP contribution in [0.5, 0.6) is 0 Å². The molecule has 0 bridgehead atoms. The van der Waals surface area contributed by atoms with Gasteiger partial charge in [-0.25, -0.2) is 29.9 Å². The predicted octanol–water partition coefficient (Wildman–Crippen LogP) is 29.6. The Kier molecular flexibility index (Phi) is 15.2. The molecule has 0 radical (unpaired) electrons. The Bertz CT molecular complexity index is 9710. The van der Waals surface area contributed by atoms with Gasteiger partial charge in [-0.2, -0.15) is 15.0 Å². The number of fused-ring (bicyclic) bond motifs is 33. The van der Waals surface area contributed by atoms with Crippen LogP contribution in [-0.2, 0) is 0 Å². The van der Waals surface area contributed by atoms with E-state index in [9.17, 15) is 0 Å². The van der Waals surface area contributed by atoms with Gasteiger partial charge in [-0.3, -0.25) is 13.7 Å². The summed E-state index contributed by atoms with van der Waals surface area (Å²) >= 11 is 5.50. The van der Waals surface area contributed by atoms with Gasteiger partial charge < -0.3 is 0 Å².